The molecule has 9 heteroatoms. The molecule has 3 rings (SSSR count). The average molecular weight is 405 g/mol. The third-order valence-electron chi connectivity index (χ3n) is 4.64. The van der Waals surface area contributed by atoms with Crippen molar-refractivity contribution in [3.8, 4) is 0 Å². The monoisotopic (exact) mass is 404 g/mol. The quantitative estimate of drug-likeness (QED) is 0.575. The van der Waals surface area contributed by atoms with Gasteiger partial charge in [-0.3, -0.25) is 0 Å². The Balaban J connectivity index is 1.83. The van der Waals surface area contributed by atoms with Gasteiger partial charge in [0.15, 0.2) is 10.9 Å². The van der Waals surface area contributed by atoms with Gasteiger partial charge < -0.3 is 14.5 Å². The number of hydrogen-bond donors (Lipinski definition) is 1. The molecule has 1 fully saturated rings. The number of halogens is 3. The second kappa shape index (κ2) is 7.26. The van der Waals surface area contributed by atoms with E-state index in [9.17, 15) is 8.78 Å². The summed E-state index contributed by atoms with van der Waals surface area (Å²) in [5.74, 6) is -1.38. The van der Waals surface area contributed by atoms with E-state index in [-0.39, 0.29) is 15.5 Å². The van der Waals surface area contributed by atoms with Crippen molar-refractivity contribution in [3.63, 3.8) is 0 Å². The van der Waals surface area contributed by atoms with Gasteiger partial charge >= 0.3 is 0 Å². The van der Waals surface area contributed by atoms with E-state index in [0.29, 0.717) is 23.9 Å². The van der Waals surface area contributed by atoms with E-state index in [4.69, 9.17) is 11.6 Å². The standard InChI is InChI=1S/C16H19ClF2N4S2/c1-16(22(2)3)4-6-23(9-16)11-8-10(18)14(13(19)12(11)17)25-21-15-20-5-7-24-15/h5,7-8H,4,6,9H2,1-3H3,(H,20,21). The maximum Gasteiger partial charge on any atom is 0.192 e. The van der Waals surface area contributed by atoms with Gasteiger partial charge in [0.05, 0.1) is 5.69 Å². The van der Waals surface area contributed by atoms with Crippen molar-refractivity contribution in [3.05, 3.63) is 34.3 Å². The molecule has 0 bridgehead atoms. The first-order valence-electron chi connectivity index (χ1n) is 7.74. The number of hydrogen-bond acceptors (Lipinski definition) is 6. The zero-order valence-corrected chi connectivity index (χ0v) is 16.5. The Bertz CT molecular complexity index is 757. The number of nitrogens with zero attached hydrogens (tertiary/aromatic N) is 3. The van der Waals surface area contributed by atoms with Gasteiger partial charge in [-0.2, -0.15) is 0 Å². The Hall–Kier alpha value is -1.09. The minimum absolute atomic E-state index is 0.0455. The van der Waals surface area contributed by atoms with Crippen LogP contribution in [0.15, 0.2) is 22.5 Å². The summed E-state index contributed by atoms with van der Waals surface area (Å²) in [5, 5.41) is 2.30. The second-order valence-corrected chi connectivity index (χ2v) is 8.53. The lowest BCUT2D eigenvalue weighted by Crippen LogP contribution is -2.43. The molecule has 0 radical (unpaired) electrons. The van der Waals surface area contributed by atoms with Crippen LogP contribution in [-0.4, -0.2) is 42.6 Å². The number of thiazole rings is 1. The van der Waals surface area contributed by atoms with Crippen molar-refractivity contribution in [2.45, 2.75) is 23.8 Å². The van der Waals surface area contributed by atoms with Crippen LogP contribution in [0.3, 0.4) is 0 Å². The SMILES string of the molecule is CN(C)C1(C)CCN(c2cc(F)c(SNc3nccs3)c(F)c2Cl)C1. The van der Waals surface area contributed by atoms with E-state index in [1.807, 2.05) is 19.0 Å². The van der Waals surface area contributed by atoms with Gasteiger partial charge in [-0.15, -0.1) is 11.3 Å². The highest BCUT2D eigenvalue weighted by Crippen LogP contribution is 2.40. The van der Waals surface area contributed by atoms with Gasteiger partial charge in [-0.05, 0) is 39.4 Å². The van der Waals surface area contributed by atoms with Gasteiger partial charge in [0.25, 0.3) is 0 Å². The zero-order valence-electron chi connectivity index (χ0n) is 14.1. The van der Waals surface area contributed by atoms with E-state index in [0.717, 1.165) is 18.4 Å². The highest BCUT2D eigenvalue weighted by molar-refractivity contribution is 8.00. The molecule has 0 saturated carbocycles. The van der Waals surface area contributed by atoms with Crippen LogP contribution in [0.5, 0.6) is 0 Å². The Morgan fingerprint density at radius 3 is 2.80 bits per heavy atom. The third kappa shape index (κ3) is 3.72. The molecule has 1 N–H and O–H groups in total. The molecule has 1 unspecified atom stereocenters. The molecule has 1 aliphatic heterocycles. The molecular formula is C16H19ClF2N4S2. The van der Waals surface area contributed by atoms with Crippen LogP contribution in [0, 0.1) is 11.6 Å². The molecular weight excluding hydrogens is 386 g/mol. The van der Waals surface area contributed by atoms with Crippen LogP contribution in [0.1, 0.15) is 13.3 Å². The van der Waals surface area contributed by atoms with Crippen molar-refractivity contribution < 1.29 is 8.78 Å². The lowest BCUT2D eigenvalue weighted by atomic mass is 10.0. The molecule has 2 aromatic rings. The summed E-state index contributed by atoms with van der Waals surface area (Å²) in [4.78, 5) is 7.94. The first kappa shape index (κ1) is 18.7. The number of likely N-dealkylation sites (N-methyl/N-ethyl adjacent to an activating group) is 1. The average Bonchev–Trinajstić information content (AvgIpc) is 3.21. The predicted molar refractivity (Wildman–Crippen MR) is 102 cm³/mol. The first-order valence-corrected chi connectivity index (χ1v) is 9.81. The summed E-state index contributed by atoms with van der Waals surface area (Å²) >= 11 is 8.42. The number of aromatic nitrogens is 1. The van der Waals surface area contributed by atoms with Crippen LogP contribution in [0.2, 0.25) is 5.02 Å². The minimum atomic E-state index is -0.746. The molecule has 0 aliphatic carbocycles. The van der Waals surface area contributed by atoms with Crippen molar-refractivity contribution in [1.29, 1.82) is 0 Å². The minimum Gasteiger partial charge on any atom is -0.368 e. The van der Waals surface area contributed by atoms with E-state index in [2.05, 4.69) is 21.5 Å². The Morgan fingerprint density at radius 2 is 2.20 bits per heavy atom. The molecule has 1 saturated heterocycles. The topological polar surface area (TPSA) is 31.4 Å². The predicted octanol–water partition coefficient (Wildman–Crippen LogP) is 4.72. The van der Waals surface area contributed by atoms with Crippen molar-refractivity contribution in [1.82, 2.24) is 9.88 Å². The van der Waals surface area contributed by atoms with Gasteiger partial charge in [0, 0.05) is 36.3 Å². The number of anilines is 2. The van der Waals surface area contributed by atoms with E-state index in [1.54, 1.807) is 11.6 Å². The second-order valence-electron chi connectivity index (χ2n) is 6.44. The lowest BCUT2D eigenvalue weighted by molar-refractivity contribution is 0.198. The van der Waals surface area contributed by atoms with Gasteiger partial charge in [-0.25, -0.2) is 13.8 Å². The van der Waals surface area contributed by atoms with Crippen LogP contribution < -0.4 is 9.62 Å². The number of benzene rings is 1. The summed E-state index contributed by atoms with van der Waals surface area (Å²) in [6.07, 6.45) is 2.52. The maximum absolute atomic E-state index is 14.7. The highest BCUT2D eigenvalue weighted by atomic mass is 35.5. The molecule has 0 spiro atoms. The molecule has 1 atom stereocenters. The van der Waals surface area contributed by atoms with Crippen molar-refractivity contribution in [2.75, 3.05) is 36.8 Å². The van der Waals surface area contributed by atoms with E-state index >= 15 is 0 Å². The molecule has 1 aromatic carbocycles. The molecule has 0 amide bonds. The maximum atomic E-state index is 14.7. The Morgan fingerprint density at radius 1 is 1.44 bits per heavy atom. The van der Waals surface area contributed by atoms with Crippen molar-refractivity contribution in [2.24, 2.45) is 0 Å². The normalized spacial score (nSPS) is 20.5. The molecule has 25 heavy (non-hydrogen) atoms. The fourth-order valence-corrected chi connectivity index (χ4v) is 4.38. The summed E-state index contributed by atoms with van der Waals surface area (Å²) in [7, 11) is 4.02. The van der Waals surface area contributed by atoms with Crippen LogP contribution >= 0.6 is 34.9 Å². The molecule has 136 valence electrons. The Kier molecular flexibility index (Phi) is 5.43. The zero-order chi connectivity index (χ0) is 18.2. The summed E-state index contributed by atoms with van der Waals surface area (Å²) in [6, 6.07) is 1.32. The van der Waals surface area contributed by atoms with E-state index in [1.165, 1.54) is 17.4 Å². The fraction of sp³-hybridized carbons (Fsp3) is 0.438. The number of rotatable bonds is 5. The van der Waals surface area contributed by atoms with Crippen molar-refractivity contribution >= 4 is 45.7 Å². The first-order chi connectivity index (χ1) is 11.8. The summed E-state index contributed by atoms with van der Waals surface area (Å²) in [5.41, 5.74) is 0.358. The molecule has 1 aliphatic rings. The third-order valence-corrected chi connectivity index (χ3v) is 6.69. The van der Waals surface area contributed by atoms with Gasteiger partial charge in [0.2, 0.25) is 0 Å². The molecule has 2 heterocycles. The summed E-state index contributed by atoms with van der Waals surface area (Å²) in [6.45, 7) is 3.51. The fourth-order valence-electron chi connectivity index (χ4n) is 2.77. The smallest absolute Gasteiger partial charge is 0.192 e. The van der Waals surface area contributed by atoms with Crippen LogP contribution in [0.25, 0.3) is 0 Å². The highest BCUT2D eigenvalue weighted by Gasteiger charge is 2.37. The molecule has 4 nitrogen and oxygen atoms in total. The van der Waals surface area contributed by atoms with Gasteiger partial charge in [0.1, 0.15) is 15.7 Å². The largest absolute Gasteiger partial charge is 0.368 e. The van der Waals surface area contributed by atoms with Crippen LogP contribution in [0.4, 0.5) is 19.6 Å². The molecule has 1 aromatic heterocycles. The number of nitrogens with one attached hydrogen (secondary N) is 1. The summed E-state index contributed by atoms with van der Waals surface area (Å²) < 4.78 is 32.0. The van der Waals surface area contributed by atoms with E-state index < -0.39 is 11.6 Å². The Labute approximate surface area is 159 Å². The lowest BCUT2D eigenvalue weighted by Gasteiger charge is -2.32. The van der Waals surface area contributed by atoms with Crippen LogP contribution in [-0.2, 0) is 0 Å². The van der Waals surface area contributed by atoms with Gasteiger partial charge in [-0.1, -0.05) is 11.6 Å².